The van der Waals surface area contributed by atoms with E-state index in [-0.39, 0.29) is 0 Å². The van der Waals surface area contributed by atoms with Gasteiger partial charge in [-0.05, 0) is 0 Å². The van der Waals surface area contributed by atoms with E-state index in [1.165, 1.54) is 16.7 Å². The molecule has 0 bridgehead atoms. The fourth-order valence-corrected chi connectivity index (χ4v) is 39.0. The van der Waals surface area contributed by atoms with Gasteiger partial charge in [0.1, 0.15) is 0 Å². The van der Waals surface area contributed by atoms with Crippen molar-refractivity contribution in [2.75, 3.05) is 0 Å². The maximum absolute atomic E-state index is 2.77. The Kier molecular flexibility index (Phi) is 5.74. The van der Waals surface area contributed by atoms with E-state index in [1.54, 1.807) is 4.41 Å². The molecule has 3 rings (SSSR count). The second-order valence-corrected chi connectivity index (χ2v) is 31.8. The molecule has 0 aromatic heterocycles. The molecule has 0 saturated heterocycles. The van der Waals surface area contributed by atoms with E-state index in [0.29, 0.717) is 8.49 Å². The molecule has 2 aromatic carbocycles. The second kappa shape index (κ2) is 7.56. The summed E-state index contributed by atoms with van der Waals surface area (Å²) in [5.41, 5.74) is 4.31. The molecule has 0 atom stereocenters. The van der Waals surface area contributed by atoms with Gasteiger partial charge in [0.05, 0.1) is 0 Å². The summed E-state index contributed by atoms with van der Waals surface area (Å²) in [5.74, 6) is 0. The zero-order valence-electron chi connectivity index (χ0n) is 16.9. The van der Waals surface area contributed by atoms with E-state index in [0.717, 1.165) is 0 Å². The van der Waals surface area contributed by atoms with E-state index in [1.807, 2.05) is 0 Å². The van der Waals surface area contributed by atoms with E-state index < -0.39 is 23.7 Å². The first-order valence-electron chi connectivity index (χ1n) is 9.48. The molecule has 2 heteroatoms. The zero-order chi connectivity index (χ0) is 18.9. The van der Waals surface area contributed by atoms with E-state index in [9.17, 15) is 0 Å². The van der Waals surface area contributed by atoms with E-state index in [2.05, 4.69) is 113 Å². The topological polar surface area (TPSA) is 0 Å². The summed E-state index contributed by atoms with van der Waals surface area (Å²) < 4.78 is 2.59. The molecule has 0 unspecified atom stereocenters. The van der Waals surface area contributed by atoms with Crippen molar-refractivity contribution in [3.63, 3.8) is 0 Å². The van der Waals surface area contributed by atoms with Crippen molar-refractivity contribution in [2.45, 2.75) is 50.0 Å². The molecular weight excluding hydrogens is 433 g/mol. The van der Waals surface area contributed by atoms with Crippen LogP contribution in [0.1, 0.15) is 52.7 Å². The minimum absolute atomic E-state index is 0.434. The van der Waals surface area contributed by atoms with Gasteiger partial charge < -0.3 is 0 Å². The minimum atomic E-state index is -1.46. The third-order valence-electron chi connectivity index (χ3n) is 4.89. The average Bonchev–Trinajstić information content (AvgIpc) is 2.60. The average molecular weight is 464 g/mol. The monoisotopic (exact) mass is 466 g/mol. The Balaban J connectivity index is 2.33. The van der Waals surface area contributed by atoms with Crippen LogP contribution in [-0.2, 0) is 0 Å². The Hall–Kier alpha value is -0.994. The molecule has 0 aliphatic carbocycles. The van der Waals surface area contributed by atoms with Gasteiger partial charge in [0.2, 0.25) is 0 Å². The quantitative estimate of drug-likeness (QED) is 0.424. The van der Waals surface area contributed by atoms with Gasteiger partial charge in [0, 0.05) is 0 Å². The van der Waals surface area contributed by atoms with Crippen LogP contribution in [0.2, 0.25) is 8.49 Å². The van der Waals surface area contributed by atoms with Gasteiger partial charge in [0.15, 0.2) is 0 Å². The van der Waals surface area contributed by atoms with Gasteiger partial charge in [-0.25, -0.2) is 0 Å². The molecule has 0 radical (unpaired) electrons. The van der Waals surface area contributed by atoms with Crippen molar-refractivity contribution < 1.29 is 0 Å². The van der Waals surface area contributed by atoms with Crippen molar-refractivity contribution in [1.29, 1.82) is 0 Å². The van der Waals surface area contributed by atoms with Crippen molar-refractivity contribution in [3.8, 4) is 0 Å². The predicted octanol–water partition coefficient (Wildman–Crippen LogP) is 6.91. The van der Waals surface area contributed by atoms with Crippen molar-refractivity contribution in [2.24, 2.45) is 0 Å². The zero-order valence-corrected chi connectivity index (χ0v) is 21.1. The number of hydrogen-bond acceptors (Lipinski definition) is 0. The normalized spacial score (nSPS) is 15.6. The van der Waals surface area contributed by atoms with Crippen LogP contribution in [0.3, 0.4) is 0 Å². The Morgan fingerprint density at radius 3 is 1.58 bits per heavy atom. The summed E-state index contributed by atoms with van der Waals surface area (Å²) in [4.78, 5) is 2.77. The number of hydrogen-bond donors (Lipinski definition) is 0. The number of rotatable bonds is 2. The Labute approximate surface area is 165 Å². The summed E-state index contributed by atoms with van der Waals surface area (Å²) in [6.07, 6.45) is 2.55. The van der Waals surface area contributed by atoms with Gasteiger partial charge >= 0.3 is 166 Å². The summed E-state index contributed by atoms with van der Waals surface area (Å²) in [5, 5.41) is 0. The van der Waals surface area contributed by atoms with Crippen LogP contribution in [0.25, 0.3) is 9.98 Å². The van der Waals surface area contributed by atoms with Crippen LogP contribution >= 0.6 is 0 Å². The van der Waals surface area contributed by atoms with Crippen LogP contribution in [0.5, 0.6) is 0 Å². The van der Waals surface area contributed by atoms with Crippen molar-refractivity contribution in [1.82, 2.24) is 0 Å². The fourth-order valence-electron chi connectivity index (χ4n) is 3.68. The molecule has 1 aliphatic heterocycles. The number of allylic oxidation sites excluding steroid dienone is 2. The van der Waals surface area contributed by atoms with Crippen LogP contribution in [0.4, 0.5) is 0 Å². The van der Waals surface area contributed by atoms with Crippen LogP contribution in [0.15, 0.2) is 71.6 Å². The molecule has 0 amide bonds. The molecular formula is C24H30Ge2. The summed E-state index contributed by atoms with van der Waals surface area (Å²) >= 11 is -2.88. The Bertz CT molecular complexity index is 871. The molecule has 1 aliphatic rings. The van der Waals surface area contributed by atoms with Gasteiger partial charge in [0.25, 0.3) is 0 Å². The van der Waals surface area contributed by atoms with Crippen LogP contribution < -0.4 is 0 Å². The third kappa shape index (κ3) is 4.28. The summed E-state index contributed by atoms with van der Waals surface area (Å²) in [6.45, 7) is 15.0. The van der Waals surface area contributed by atoms with Gasteiger partial charge in [-0.2, -0.15) is 0 Å². The third-order valence-corrected chi connectivity index (χ3v) is 42.6. The van der Waals surface area contributed by atoms with Crippen LogP contribution in [-0.4, -0.2) is 23.7 Å². The van der Waals surface area contributed by atoms with Crippen LogP contribution in [0, 0.1) is 0 Å². The molecule has 0 saturated carbocycles. The second-order valence-electron chi connectivity index (χ2n) is 9.18. The molecule has 134 valence electrons. The molecule has 0 spiro atoms. The fraction of sp³-hybridized carbons (Fsp3) is 0.333. The SMILES string of the molecule is C[C](C)(C)[Ge]1=[Ge]([C](C)(C)C)[C](c2ccccc2)=CC(c2ccccc2)=[CH]1. The van der Waals surface area contributed by atoms with Gasteiger partial charge in [-0.15, -0.1) is 0 Å². The maximum atomic E-state index is 2.77. The molecule has 1 heterocycles. The number of benzene rings is 2. The van der Waals surface area contributed by atoms with Crippen molar-refractivity contribution in [3.05, 3.63) is 82.8 Å². The van der Waals surface area contributed by atoms with E-state index >= 15 is 0 Å². The van der Waals surface area contributed by atoms with Crippen molar-refractivity contribution >= 4 is 33.7 Å². The molecule has 0 fully saturated rings. The molecule has 0 nitrogen and oxygen atoms in total. The summed E-state index contributed by atoms with van der Waals surface area (Å²) in [7, 11) is 0. The van der Waals surface area contributed by atoms with E-state index in [4.69, 9.17) is 0 Å². The molecule has 26 heavy (non-hydrogen) atoms. The van der Waals surface area contributed by atoms with Gasteiger partial charge in [-0.1, -0.05) is 0 Å². The first kappa shape index (κ1) is 19.8. The standard InChI is InChI=1S/C24H30Ge2/c1-23(2,3)25-18-21(19-13-9-7-10-14-19)17-22(26(25)24(4,5)6)20-15-11-8-12-16-20/h7-18H,1-6H3. The first-order chi connectivity index (χ1) is 12.2. The predicted molar refractivity (Wildman–Crippen MR) is 120 cm³/mol. The molecule has 0 N–H and O–H groups in total. The first-order valence-corrected chi connectivity index (χ1v) is 20.3. The Morgan fingerprint density at radius 1 is 0.615 bits per heavy atom. The van der Waals surface area contributed by atoms with Gasteiger partial charge in [-0.3, -0.25) is 0 Å². The Morgan fingerprint density at radius 2 is 1.12 bits per heavy atom. The summed E-state index contributed by atoms with van der Waals surface area (Å²) in [6, 6.07) is 22.2. The molecule has 2 aromatic rings.